The molecule has 2 heterocycles. The average Bonchev–Trinajstić information content (AvgIpc) is 2.55. The molecular formula is C16H18O7S. The molecule has 0 aromatic heterocycles. The van der Waals surface area contributed by atoms with Crippen LogP contribution in [0.25, 0.3) is 0 Å². The quantitative estimate of drug-likeness (QED) is 0.747. The fourth-order valence-corrected chi connectivity index (χ4v) is 3.92. The molecule has 8 heteroatoms. The number of rotatable bonds is 4. The van der Waals surface area contributed by atoms with E-state index in [9.17, 15) is 13.2 Å². The minimum Gasteiger partial charge on any atom is -0.493 e. The minimum absolute atomic E-state index is 0.155. The first kappa shape index (κ1) is 16.9. The second kappa shape index (κ2) is 6.92. The van der Waals surface area contributed by atoms with Crippen molar-refractivity contribution >= 4 is 15.8 Å². The van der Waals surface area contributed by atoms with E-state index >= 15 is 0 Å². The smallest absolute Gasteiger partial charge is 0.303 e. The lowest BCUT2D eigenvalue weighted by atomic mass is 10.1. The summed E-state index contributed by atoms with van der Waals surface area (Å²) < 4.78 is 46.6. The van der Waals surface area contributed by atoms with Gasteiger partial charge in [-0.15, -0.1) is 0 Å². The highest BCUT2D eigenvalue weighted by atomic mass is 32.2. The standard InChI is InChI=1S/C16H18O7S/c1-11(17)22-13-7-8-20-14-9-21-15(23-16(13)14)10-24(18,19)12-5-3-2-4-6-12/h2-8,13-16H,9-10H2,1H3/t13-,14-,15?,16+/m1/s1. The first-order valence-electron chi connectivity index (χ1n) is 7.50. The molecule has 7 nitrogen and oxygen atoms in total. The zero-order valence-corrected chi connectivity index (χ0v) is 13.8. The molecule has 1 aromatic rings. The van der Waals surface area contributed by atoms with Gasteiger partial charge in [-0.3, -0.25) is 4.79 Å². The number of hydrogen-bond donors (Lipinski definition) is 0. The lowest BCUT2D eigenvalue weighted by Crippen LogP contribution is -2.53. The molecule has 1 saturated heterocycles. The highest BCUT2D eigenvalue weighted by molar-refractivity contribution is 7.91. The van der Waals surface area contributed by atoms with E-state index in [0.29, 0.717) is 0 Å². The number of carbonyl (C=O) groups excluding carboxylic acids is 1. The highest BCUT2D eigenvalue weighted by Crippen LogP contribution is 2.26. The lowest BCUT2D eigenvalue weighted by Gasteiger charge is -2.40. The number of fused-ring (bicyclic) bond motifs is 1. The second-order valence-corrected chi connectivity index (χ2v) is 7.57. The number of carbonyl (C=O) groups is 1. The Labute approximate surface area is 140 Å². The minimum atomic E-state index is -3.55. The first-order chi connectivity index (χ1) is 11.5. The van der Waals surface area contributed by atoms with Gasteiger partial charge >= 0.3 is 5.97 Å². The third kappa shape index (κ3) is 3.77. The van der Waals surface area contributed by atoms with Crippen molar-refractivity contribution in [1.82, 2.24) is 0 Å². The largest absolute Gasteiger partial charge is 0.493 e. The molecule has 0 aliphatic carbocycles. The Morgan fingerprint density at radius 2 is 2.04 bits per heavy atom. The van der Waals surface area contributed by atoms with Crippen LogP contribution in [0.1, 0.15) is 6.92 Å². The fourth-order valence-electron chi connectivity index (χ4n) is 2.63. The van der Waals surface area contributed by atoms with Gasteiger partial charge in [-0.25, -0.2) is 8.42 Å². The third-order valence-corrected chi connectivity index (χ3v) is 5.43. The van der Waals surface area contributed by atoms with Gasteiger partial charge in [0.15, 0.2) is 28.3 Å². The molecule has 0 spiro atoms. The van der Waals surface area contributed by atoms with Crippen molar-refractivity contribution in [1.29, 1.82) is 0 Å². The van der Waals surface area contributed by atoms with Crippen LogP contribution >= 0.6 is 0 Å². The highest BCUT2D eigenvalue weighted by Gasteiger charge is 2.42. The van der Waals surface area contributed by atoms with Gasteiger partial charge in [0.2, 0.25) is 0 Å². The van der Waals surface area contributed by atoms with Gasteiger partial charge in [-0.2, -0.15) is 0 Å². The molecule has 1 aromatic carbocycles. The maximum absolute atomic E-state index is 12.4. The number of hydrogen-bond acceptors (Lipinski definition) is 7. The van der Waals surface area contributed by atoms with E-state index in [-0.39, 0.29) is 17.3 Å². The van der Waals surface area contributed by atoms with Crippen molar-refractivity contribution in [2.24, 2.45) is 0 Å². The van der Waals surface area contributed by atoms with E-state index in [2.05, 4.69) is 0 Å². The Hall–Kier alpha value is -1.90. The molecule has 3 rings (SSSR count). The van der Waals surface area contributed by atoms with Crippen molar-refractivity contribution in [3.8, 4) is 0 Å². The average molecular weight is 354 g/mol. The number of esters is 1. The molecule has 130 valence electrons. The van der Waals surface area contributed by atoms with Crippen molar-refractivity contribution in [3.63, 3.8) is 0 Å². The van der Waals surface area contributed by atoms with Crippen LogP contribution in [0.4, 0.5) is 0 Å². The zero-order valence-electron chi connectivity index (χ0n) is 13.0. The fraction of sp³-hybridized carbons (Fsp3) is 0.438. The summed E-state index contributed by atoms with van der Waals surface area (Å²) in [5, 5.41) is 0. The van der Waals surface area contributed by atoms with Gasteiger partial charge in [-0.05, 0) is 18.2 Å². The molecule has 24 heavy (non-hydrogen) atoms. The lowest BCUT2D eigenvalue weighted by molar-refractivity contribution is -0.265. The van der Waals surface area contributed by atoms with Crippen LogP contribution in [0.2, 0.25) is 0 Å². The Balaban J connectivity index is 1.71. The summed E-state index contributed by atoms with van der Waals surface area (Å²) in [5.41, 5.74) is 0. The Kier molecular flexibility index (Phi) is 4.88. The summed E-state index contributed by atoms with van der Waals surface area (Å²) >= 11 is 0. The Morgan fingerprint density at radius 1 is 1.29 bits per heavy atom. The molecule has 1 unspecified atom stereocenters. The van der Waals surface area contributed by atoms with Gasteiger partial charge in [0.25, 0.3) is 0 Å². The summed E-state index contributed by atoms with van der Waals surface area (Å²) in [6.07, 6.45) is 0.356. The molecule has 4 atom stereocenters. The summed E-state index contributed by atoms with van der Waals surface area (Å²) in [4.78, 5) is 11.4. The van der Waals surface area contributed by atoms with Gasteiger partial charge in [0.05, 0.1) is 17.8 Å². The monoisotopic (exact) mass is 354 g/mol. The molecule has 2 aliphatic rings. The van der Waals surface area contributed by atoms with Crippen LogP contribution in [0.3, 0.4) is 0 Å². The number of benzene rings is 1. The summed E-state index contributed by atoms with van der Waals surface area (Å²) in [7, 11) is -3.55. The van der Waals surface area contributed by atoms with Crippen molar-refractivity contribution in [2.75, 3.05) is 12.4 Å². The molecule has 0 N–H and O–H groups in total. The first-order valence-corrected chi connectivity index (χ1v) is 9.15. The van der Waals surface area contributed by atoms with Crippen molar-refractivity contribution < 1.29 is 32.2 Å². The number of ether oxygens (including phenoxy) is 4. The SMILES string of the molecule is CC(=O)O[C@@H]1C=CO[C@@H]2COC(CS(=O)(=O)c3ccccc3)O[C@@H]12. The predicted octanol–water partition coefficient (Wildman–Crippen LogP) is 1.05. The molecule has 0 bridgehead atoms. The summed E-state index contributed by atoms with van der Waals surface area (Å²) in [6, 6.07) is 8.10. The van der Waals surface area contributed by atoms with E-state index in [1.807, 2.05) is 0 Å². The molecule has 1 fully saturated rings. The molecule has 0 saturated carbocycles. The van der Waals surface area contributed by atoms with Crippen LogP contribution in [0.15, 0.2) is 47.6 Å². The van der Waals surface area contributed by atoms with Gasteiger partial charge in [0.1, 0.15) is 11.9 Å². The molecule has 0 amide bonds. The zero-order chi connectivity index (χ0) is 17.2. The van der Waals surface area contributed by atoms with E-state index < -0.39 is 40.4 Å². The van der Waals surface area contributed by atoms with E-state index in [1.54, 1.807) is 24.3 Å². The molecule has 2 aliphatic heterocycles. The van der Waals surface area contributed by atoms with Crippen molar-refractivity contribution in [3.05, 3.63) is 42.7 Å². The van der Waals surface area contributed by atoms with Crippen LogP contribution in [0.5, 0.6) is 0 Å². The van der Waals surface area contributed by atoms with Gasteiger partial charge in [0, 0.05) is 6.92 Å². The third-order valence-electron chi connectivity index (χ3n) is 3.73. The summed E-state index contributed by atoms with van der Waals surface area (Å²) in [6.45, 7) is 1.46. The van der Waals surface area contributed by atoms with Crippen LogP contribution in [-0.4, -0.2) is 51.3 Å². The second-order valence-electron chi connectivity index (χ2n) is 5.54. The van der Waals surface area contributed by atoms with Crippen molar-refractivity contribution in [2.45, 2.75) is 36.4 Å². The van der Waals surface area contributed by atoms with E-state index in [1.165, 1.54) is 25.3 Å². The summed E-state index contributed by atoms with van der Waals surface area (Å²) in [5.74, 6) is -0.773. The van der Waals surface area contributed by atoms with Crippen LogP contribution < -0.4 is 0 Å². The van der Waals surface area contributed by atoms with E-state index in [4.69, 9.17) is 18.9 Å². The van der Waals surface area contributed by atoms with Crippen LogP contribution in [-0.2, 0) is 33.6 Å². The Morgan fingerprint density at radius 3 is 2.75 bits per heavy atom. The number of sulfone groups is 1. The van der Waals surface area contributed by atoms with Gasteiger partial charge in [-0.1, -0.05) is 18.2 Å². The van der Waals surface area contributed by atoms with Gasteiger partial charge < -0.3 is 18.9 Å². The maximum atomic E-state index is 12.4. The Bertz CT molecular complexity index is 713. The topological polar surface area (TPSA) is 88.1 Å². The molecule has 0 radical (unpaired) electrons. The molecular weight excluding hydrogens is 336 g/mol. The maximum Gasteiger partial charge on any atom is 0.303 e. The van der Waals surface area contributed by atoms with Crippen LogP contribution in [0, 0.1) is 0 Å². The predicted molar refractivity (Wildman–Crippen MR) is 82.7 cm³/mol. The van der Waals surface area contributed by atoms with E-state index in [0.717, 1.165) is 0 Å². The normalized spacial score (nSPS) is 29.4.